The Morgan fingerprint density at radius 1 is 0.947 bits per heavy atom. The summed E-state index contributed by atoms with van der Waals surface area (Å²) in [6.45, 7) is 1.53. The molecule has 1 N–H and O–H groups in total. The summed E-state index contributed by atoms with van der Waals surface area (Å²) < 4.78 is 45.5. The topological polar surface area (TPSA) is 96.0 Å². The molecular weight excluding hydrogens is 509 g/mol. The minimum absolute atomic E-state index is 0.0305. The van der Waals surface area contributed by atoms with E-state index in [-0.39, 0.29) is 30.3 Å². The first-order valence-corrected chi connectivity index (χ1v) is 13.9. The SMILES string of the molecule is CCNC(=O)C(Cc1ccccc1)N(Cc1ccc(F)cc1)C(=O)CN(c1ccccc1OC)S(C)(=O)=O. The predicted molar refractivity (Wildman–Crippen MR) is 145 cm³/mol. The van der Waals surface area contributed by atoms with Crippen LogP contribution in [0.2, 0.25) is 0 Å². The molecule has 0 saturated carbocycles. The van der Waals surface area contributed by atoms with Crippen molar-refractivity contribution >= 4 is 27.5 Å². The molecule has 38 heavy (non-hydrogen) atoms. The number of rotatable bonds is 12. The molecule has 0 aliphatic heterocycles. The second-order valence-corrected chi connectivity index (χ2v) is 10.6. The van der Waals surface area contributed by atoms with Gasteiger partial charge in [0.15, 0.2) is 0 Å². The number of carbonyl (C=O) groups excluding carboxylic acids is 2. The summed E-state index contributed by atoms with van der Waals surface area (Å²) >= 11 is 0. The van der Waals surface area contributed by atoms with Gasteiger partial charge in [0.2, 0.25) is 21.8 Å². The van der Waals surface area contributed by atoms with Crippen molar-refractivity contribution in [3.8, 4) is 5.75 Å². The van der Waals surface area contributed by atoms with Crippen molar-refractivity contribution in [2.24, 2.45) is 0 Å². The lowest BCUT2D eigenvalue weighted by Gasteiger charge is -2.33. The fraction of sp³-hybridized carbons (Fsp3) is 0.286. The Morgan fingerprint density at radius 3 is 2.18 bits per heavy atom. The van der Waals surface area contributed by atoms with E-state index in [2.05, 4.69) is 5.32 Å². The Bertz CT molecular complexity index is 1330. The van der Waals surface area contributed by atoms with Crippen LogP contribution in [-0.4, -0.2) is 57.6 Å². The van der Waals surface area contributed by atoms with Crippen LogP contribution in [0.25, 0.3) is 0 Å². The van der Waals surface area contributed by atoms with Crippen LogP contribution >= 0.6 is 0 Å². The van der Waals surface area contributed by atoms with E-state index in [9.17, 15) is 22.4 Å². The third kappa shape index (κ3) is 7.55. The lowest BCUT2D eigenvalue weighted by Crippen LogP contribution is -2.53. The normalized spacial score (nSPS) is 11.9. The lowest BCUT2D eigenvalue weighted by atomic mass is 10.0. The van der Waals surface area contributed by atoms with E-state index in [1.54, 1.807) is 31.2 Å². The monoisotopic (exact) mass is 541 g/mol. The van der Waals surface area contributed by atoms with Crippen LogP contribution in [-0.2, 0) is 32.6 Å². The summed E-state index contributed by atoms with van der Waals surface area (Å²) in [5.74, 6) is -1.14. The highest BCUT2D eigenvalue weighted by Gasteiger charge is 2.33. The maximum absolute atomic E-state index is 13.9. The third-order valence-corrected chi connectivity index (χ3v) is 7.05. The average Bonchev–Trinajstić information content (AvgIpc) is 2.90. The van der Waals surface area contributed by atoms with Gasteiger partial charge in [-0.2, -0.15) is 0 Å². The Hall–Kier alpha value is -3.92. The summed E-state index contributed by atoms with van der Waals surface area (Å²) in [5.41, 5.74) is 1.61. The van der Waals surface area contributed by atoms with Gasteiger partial charge >= 0.3 is 0 Å². The summed E-state index contributed by atoms with van der Waals surface area (Å²) in [6.07, 6.45) is 1.20. The Balaban J connectivity index is 2.05. The smallest absolute Gasteiger partial charge is 0.244 e. The van der Waals surface area contributed by atoms with E-state index in [0.717, 1.165) is 16.1 Å². The highest BCUT2D eigenvalue weighted by atomic mass is 32.2. The first kappa shape index (κ1) is 28.6. The quantitative estimate of drug-likeness (QED) is 0.379. The first-order valence-electron chi connectivity index (χ1n) is 12.1. The van der Waals surface area contributed by atoms with E-state index >= 15 is 0 Å². The Labute approximate surface area is 223 Å². The van der Waals surface area contributed by atoms with Gasteiger partial charge in [0.1, 0.15) is 24.2 Å². The molecule has 1 atom stereocenters. The molecule has 0 spiro atoms. The van der Waals surface area contributed by atoms with Gasteiger partial charge in [0.25, 0.3) is 0 Å². The molecule has 3 aromatic carbocycles. The fourth-order valence-corrected chi connectivity index (χ4v) is 4.92. The number of carbonyl (C=O) groups is 2. The van der Waals surface area contributed by atoms with E-state index in [1.807, 2.05) is 30.3 Å². The molecule has 0 radical (unpaired) electrons. The second kappa shape index (κ2) is 13.0. The number of sulfonamides is 1. The number of anilines is 1. The van der Waals surface area contributed by atoms with Crippen molar-refractivity contribution in [2.45, 2.75) is 25.9 Å². The molecule has 8 nitrogen and oxygen atoms in total. The molecule has 202 valence electrons. The van der Waals surface area contributed by atoms with E-state index in [1.165, 1.54) is 36.3 Å². The van der Waals surface area contributed by atoms with Crippen molar-refractivity contribution in [1.82, 2.24) is 10.2 Å². The van der Waals surface area contributed by atoms with Gasteiger partial charge in [-0.1, -0.05) is 54.6 Å². The van der Waals surface area contributed by atoms with Gasteiger partial charge in [-0.3, -0.25) is 13.9 Å². The van der Waals surface area contributed by atoms with Crippen LogP contribution in [0.4, 0.5) is 10.1 Å². The maximum atomic E-state index is 13.9. The van der Waals surface area contributed by atoms with Crippen molar-refractivity contribution < 1.29 is 27.1 Å². The van der Waals surface area contributed by atoms with Crippen molar-refractivity contribution in [1.29, 1.82) is 0 Å². The van der Waals surface area contributed by atoms with Gasteiger partial charge in [-0.25, -0.2) is 12.8 Å². The molecule has 0 saturated heterocycles. The Kier molecular flexibility index (Phi) is 9.84. The average molecular weight is 542 g/mol. The molecule has 3 rings (SSSR count). The zero-order valence-corrected chi connectivity index (χ0v) is 22.4. The number of nitrogens with one attached hydrogen (secondary N) is 1. The van der Waals surface area contributed by atoms with E-state index < -0.39 is 34.3 Å². The van der Waals surface area contributed by atoms with Gasteiger partial charge in [0.05, 0.1) is 19.1 Å². The summed E-state index contributed by atoms with van der Waals surface area (Å²) in [5, 5.41) is 2.78. The Morgan fingerprint density at radius 2 is 1.58 bits per heavy atom. The molecule has 3 aromatic rings. The van der Waals surface area contributed by atoms with Crippen LogP contribution in [0, 0.1) is 5.82 Å². The summed E-state index contributed by atoms with van der Waals surface area (Å²) in [4.78, 5) is 28.5. The number of para-hydroxylation sites is 2. The van der Waals surface area contributed by atoms with Crippen molar-refractivity contribution in [3.63, 3.8) is 0 Å². The maximum Gasteiger partial charge on any atom is 0.244 e. The van der Waals surface area contributed by atoms with E-state index in [0.29, 0.717) is 12.1 Å². The van der Waals surface area contributed by atoms with Crippen LogP contribution in [0.5, 0.6) is 5.75 Å². The molecule has 0 heterocycles. The largest absolute Gasteiger partial charge is 0.495 e. The number of hydrogen-bond acceptors (Lipinski definition) is 5. The highest BCUT2D eigenvalue weighted by Crippen LogP contribution is 2.30. The standard InChI is InChI=1S/C28H32FN3O5S/c1-4-30-28(34)25(18-21-10-6-5-7-11-21)31(19-22-14-16-23(29)17-15-22)27(33)20-32(38(3,35)36)24-12-8-9-13-26(24)37-2/h5-17,25H,4,18-20H2,1-3H3,(H,30,34). The predicted octanol–water partition coefficient (Wildman–Crippen LogP) is 3.38. The zero-order valence-electron chi connectivity index (χ0n) is 21.6. The molecule has 1 unspecified atom stereocenters. The van der Waals surface area contributed by atoms with Crippen LogP contribution in [0.15, 0.2) is 78.9 Å². The van der Waals surface area contributed by atoms with Gasteiger partial charge in [-0.05, 0) is 42.3 Å². The number of benzene rings is 3. The van der Waals surface area contributed by atoms with Crippen LogP contribution < -0.4 is 14.4 Å². The first-order chi connectivity index (χ1) is 18.1. The molecular formula is C28H32FN3O5S. The van der Waals surface area contributed by atoms with Gasteiger partial charge in [0, 0.05) is 19.5 Å². The van der Waals surface area contributed by atoms with Crippen LogP contribution in [0.3, 0.4) is 0 Å². The fourth-order valence-electron chi connectivity index (χ4n) is 4.06. The molecule has 10 heteroatoms. The minimum atomic E-state index is -3.92. The number of halogens is 1. The molecule has 2 amide bonds. The summed E-state index contributed by atoms with van der Waals surface area (Å²) in [7, 11) is -2.51. The third-order valence-electron chi connectivity index (χ3n) is 5.92. The number of hydrogen-bond donors (Lipinski definition) is 1. The lowest BCUT2D eigenvalue weighted by molar-refractivity contribution is -0.140. The highest BCUT2D eigenvalue weighted by molar-refractivity contribution is 7.92. The van der Waals surface area contributed by atoms with Gasteiger partial charge in [-0.15, -0.1) is 0 Å². The summed E-state index contributed by atoms with van der Waals surface area (Å²) in [6, 6.07) is 20.4. The molecule has 0 aromatic heterocycles. The van der Waals surface area contributed by atoms with Gasteiger partial charge < -0.3 is 15.0 Å². The molecule has 0 aliphatic rings. The minimum Gasteiger partial charge on any atom is -0.495 e. The van der Waals surface area contributed by atoms with E-state index in [4.69, 9.17) is 4.74 Å². The zero-order chi connectivity index (χ0) is 27.7. The van der Waals surface area contributed by atoms with Crippen LogP contribution in [0.1, 0.15) is 18.1 Å². The molecule has 0 aliphatic carbocycles. The number of methoxy groups -OCH3 is 1. The molecule has 0 fully saturated rings. The number of amides is 2. The molecule has 0 bridgehead atoms. The van der Waals surface area contributed by atoms with Crippen molar-refractivity contribution in [2.75, 3.05) is 30.8 Å². The number of nitrogens with zero attached hydrogens (tertiary/aromatic N) is 2. The van der Waals surface area contributed by atoms with Crippen molar-refractivity contribution in [3.05, 3.63) is 95.8 Å². The second-order valence-electron chi connectivity index (χ2n) is 8.69. The number of likely N-dealkylation sites (N-methyl/N-ethyl adjacent to an activating group) is 1. The number of ether oxygens (including phenoxy) is 1.